The second-order valence-electron chi connectivity index (χ2n) is 4.37. The van der Waals surface area contributed by atoms with Gasteiger partial charge in [0.15, 0.2) is 0 Å². The van der Waals surface area contributed by atoms with Crippen LogP contribution in [-0.4, -0.2) is 42.5 Å². The number of sulfonamides is 1. The number of unbranched alkanes of at least 4 members (excludes halogenated alkanes) is 1. The van der Waals surface area contributed by atoms with Crippen LogP contribution in [-0.2, 0) is 10.0 Å². The lowest BCUT2D eigenvalue weighted by Gasteiger charge is -2.21. The Morgan fingerprint density at radius 2 is 1.90 bits per heavy atom. The number of hydrogen-bond acceptors (Lipinski definition) is 4. The van der Waals surface area contributed by atoms with Crippen molar-refractivity contribution in [1.82, 2.24) is 4.31 Å². The molecule has 5 nitrogen and oxygen atoms in total. The number of aliphatic hydroxyl groups excluding tert-OH is 1. The molecule has 0 aromatic heterocycles. The van der Waals surface area contributed by atoms with Crippen LogP contribution >= 0.6 is 12.2 Å². The Hall–Kier alpha value is -1.02. The van der Waals surface area contributed by atoms with E-state index in [9.17, 15) is 8.42 Å². The number of thiocarbonyl (C=S) groups is 1. The Morgan fingerprint density at radius 1 is 1.30 bits per heavy atom. The fraction of sp³-hybridized carbons (Fsp3) is 0.462. The molecule has 0 aliphatic rings. The van der Waals surface area contributed by atoms with Gasteiger partial charge < -0.3 is 10.8 Å². The number of nitrogens with zero attached hydrogens (tertiary/aromatic N) is 1. The van der Waals surface area contributed by atoms with Gasteiger partial charge in [-0.1, -0.05) is 37.7 Å². The standard InChI is InChI=1S/C13H20N2O3S2/c1-2-3-8-15(9-10-16)20(17,18)12-6-4-11(5-7-12)13(14)19/h4-7,16H,2-3,8-10H2,1H3,(H2,14,19). The molecule has 0 unspecified atom stereocenters. The molecule has 0 amide bonds. The van der Waals surface area contributed by atoms with Crippen LogP contribution in [0.1, 0.15) is 25.3 Å². The van der Waals surface area contributed by atoms with E-state index in [2.05, 4.69) is 0 Å². The van der Waals surface area contributed by atoms with Crippen LogP contribution in [0.2, 0.25) is 0 Å². The minimum atomic E-state index is -3.59. The largest absolute Gasteiger partial charge is 0.395 e. The highest BCUT2D eigenvalue weighted by molar-refractivity contribution is 7.89. The first-order valence-electron chi connectivity index (χ1n) is 6.44. The molecule has 1 aromatic carbocycles. The van der Waals surface area contributed by atoms with Crippen molar-refractivity contribution < 1.29 is 13.5 Å². The lowest BCUT2D eigenvalue weighted by atomic mass is 10.2. The maximum atomic E-state index is 12.5. The maximum absolute atomic E-state index is 12.5. The molecular weight excluding hydrogens is 296 g/mol. The molecule has 3 N–H and O–H groups in total. The van der Waals surface area contributed by atoms with Gasteiger partial charge in [-0.2, -0.15) is 4.31 Å². The monoisotopic (exact) mass is 316 g/mol. The summed E-state index contributed by atoms with van der Waals surface area (Å²) in [5.74, 6) is 0. The first-order valence-corrected chi connectivity index (χ1v) is 8.29. The topological polar surface area (TPSA) is 83.6 Å². The zero-order valence-corrected chi connectivity index (χ0v) is 13.1. The van der Waals surface area contributed by atoms with Crippen molar-refractivity contribution in [3.05, 3.63) is 29.8 Å². The summed E-state index contributed by atoms with van der Waals surface area (Å²) in [6.07, 6.45) is 1.64. The smallest absolute Gasteiger partial charge is 0.243 e. The van der Waals surface area contributed by atoms with Crippen molar-refractivity contribution >= 4 is 27.2 Å². The molecule has 0 radical (unpaired) electrons. The van der Waals surface area contributed by atoms with Gasteiger partial charge in [-0.15, -0.1) is 0 Å². The van der Waals surface area contributed by atoms with Crippen molar-refractivity contribution in [2.75, 3.05) is 19.7 Å². The number of rotatable bonds is 8. The van der Waals surface area contributed by atoms with Crippen molar-refractivity contribution in [2.24, 2.45) is 5.73 Å². The minimum absolute atomic E-state index is 0.0966. The zero-order chi connectivity index (χ0) is 15.2. The summed E-state index contributed by atoms with van der Waals surface area (Å²) in [5.41, 5.74) is 6.11. The van der Waals surface area contributed by atoms with E-state index < -0.39 is 10.0 Å². The fourth-order valence-corrected chi connectivity index (χ4v) is 3.34. The Balaban J connectivity index is 3.02. The summed E-state index contributed by atoms with van der Waals surface area (Å²) < 4.78 is 26.2. The van der Waals surface area contributed by atoms with Gasteiger partial charge >= 0.3 is 0 Å². The van der Waals surface area contributed by atoms with Crippen LogP contribution in [0.3, 0.4) is 0 Å². The summed E-state index contributed by atoms with van der Waals surface area (Å²) in [6, 6.07) is 6.15. The summed E-state index contributed by atoms with van der Waals surface area (Å²) in [6.45, 7) is 2.28. The molecule has 0 fully saturated rings. The highest BCUT2D eigenvalue weighted by Crippen LogP contribution is 2.17. The van der Waals surface area contributed by atoms with E-state index in [0.29, 0.717) is 12.1 Å². The zero-order valence-electron chi connectivity index (χ0n) is 11.4. The lowest BCUT2D eigenvalue weighted by Crippen LogP contribution is -2.34. The van der Waals surface area contributed by atoms with Crippen LogP contribution in [0.25, 0.3) is 0 Å². The number of nitrogens with two attached hydrogens (primary N) is 1. The molecule has 112 valence electrons. The minimum Gasteiger partial charge on any atom is -0.395 e. The SMILES string of the molecule is CCCCN(CCO)S(=O)(=O)c1ccc(C(N)=S)cc1. The summed E-state index contributed by atoms with van der Waals surface area (Å²) in [7, 11) is -3.59. The van der Waals surface area contributed by atoms with Gasteiger partial charge in [-0.05, 0) is 18.6 Å². The first-order chi connectivity index (χ1) is 9.43. The van der Waals surface area contributed by atoms with Crippen LogP contribution < -0.4 is 5.73 Å². The Morgan fingerprint density at radius 3 is 2.35 bits per heavy atom. The van der Waals surface area contributed by atoms with Gasteiger partial charge in [0, 0.05) is 18.7 Å². The van der Waals surface area contributed by atoms with Gasteiger partial charge in [-0.25, -0.2) is 8.42 Å². The van der Waals surface area contributed by atoms with Gasteiger partial charge in [-0.3, -0.25) is 0 Å². The average molecular weight is 316 g/mol. The van der Waals surface area contributed by atoms with E-state index in [1.165, 1.54) is 16.4 Å². The fourth-order valence-electron chi connectivity index (χ4n) is 1.74. The molecule has 7 heteroatoms. The van der Waals surface area contributed by atoms with E-state index in [1.54, 1.807) is 12.1 Å². The third-order valence-electron chi connectivity index (χ3n) is 2.89. The Labute approximate surface area is 125 Å². The van der Waals surface area contributed by atoms with Crippen LogP contribution in [0.4, 0.5) is 0 Å². The predicted octanol–water partition coefficient (Wildman–Crippen LogP) is 1.10. The van der Waals surface area contributed by atoms with Crippen molar-refractivity contribution in [3.8, 4) is 0 Å². The van der Waals surface area contributed by atoms with Crippen LogP contribution in [0.15, 0.2) is 29.2 Å². The van der Waals surface area contributed by atoms with E-state index in [1.807, 2.05) is 6.92 Å². The quantitative estimate of drug-likeness (QED) is 0.702. The normalized spacial score (nSPS) is 11.8. The molecule has 1 rings (SSSR count). The predicted molar refractivity (Wildman–Crippen MR) is 83.1 cm³/mol. The van der Waals surface area contributed by atoms with E-state index in [4.69, 9.17) is 23.1 Å². The third kappa shape index (κ3) is 4.24. The molecule has 0 saturated heterocycles. The van der Waals surface area contributed by atoms with E-state index in [0.717, 1.165) is 12.8 Å². The Kier molecular flexibility index (Phi) is 6.54. The number of hydrogen-bond donors (Lipinski definition) is 2. The summed E-state index contributed by atoms with van der Waals surface area (Å²) >= 11 is 4.83. The first kappa shape index (κ1) is 17.0. The molecule has 1 aromatic rings. The molecular formula is C13H20N2O3S2. The van der Waals surface area contributed by atoms with E-state index in [-0.39, 0.29) is 23.0 Å². The van der Waals surface area contributed by atoms with Gasteiger partial charge in [0.05, 0.1) is 11.5 Å². The van der Waals surface area contributed by atoms with Crippen molar-refractivity contribution in [1.29, 1.82) is 0 Å². The van der Waals surface area contributed by atoms with Gasteiger partial charge in [0.2, 0.25) is 10.0 Å². The van der Waals surface area contributed by atoms with E-state index >= 15 is 0 Å². The van der Waals surface area contributed by atoms with Gasteiger partial charge in [0.25, 0.3) is 0 Å². The molecule has 0 heterocycles. The summed E-state index contributed by atoms with van der Waals surface area (Å²) in [5, 5.41) is 9.02. The molecule has 20 heavy (non-hydrogen) atoms. The maximum Gasteiger partial charge on any atom is 0.243 e. The highest BCUT2D eigenvalue weighted by Gasteiger charge is 2.23. The second-order valence-corrected chi connectivity index (χ2v) is 6.75. The molecule has 0 bridgehead atoms. The molecule has 0 aliphatic heterocycles. The lowest BCUT2D eigenvalue weighted by molar-refractivity contribution is 0.252. The third-order valence-corrected chi connectivity index (χ3v) is 5.04. The molecule has 0 atom stereocenters. The second kappa shape index (κ2) is 7.68. The highest BCUT2D eigenvalue weighted by atomic mass is 32.2. The molecule has 0 spiro atoms. The average Bonchev–Trinajstić information content (AvgIpc) is 2.43. The summed E-state index contributed by atoms with van der Waals surface area (Å²) in [4.78, 5) is 0.411. The molecule has 0 saturated carbocycles. The Bertz CT molecular complexity index is 541. The molecule has 0 aliphatic carbocycles. The van der Waals surface area contributed by atoms with Crippen LogP contribution in [0, 0.1) is 0 Å². The number of aliphatic hydroxyl groups is 1. The number of benzene rings is 1. The van der Waals surface area contributed by atoms with Crippen molar-refractivity contribution in [3.63, 3.8) is 0 Å². The van der Waals surface area contributed by atoms with Crippen molar-refractivity contribution in [2.45, 2.75) is 24.7 Å². The van der Waals surface area contributed by atoms with Gasteiger partial charge in [0.1, 0.15) is 4.99 Å². The van der Waals surface area contributed by atoms with Crippen LogP contribution in [0.5, 0.6) is 0 Å².